The lowest BCUT2D eigenvalue weighted by atomic mass is 9.96. The van der Waals surface area contributed by atoms with Gasteiger partial charge in [-0.05, 0) is 66.2 Å². The fourth-order valence-corrected chi connectivity index (χ4v) is 3.37. The molecule has 166 valence electrons. The summed E-state index contributed by atoms with van der Waals surface area (Å²) in [5, 5.41) is 6.27. The number of amides is 2. The first-order chi connectivity index (χ1) is 13.7. The van der Waals surface area contributed by atoms with Crippen molar-refractivity contribution in [1.29, 1.82) is 0 Å². The van der Waals surface area contributed by atoms with Gasteiger partial charge in [-0.1, -0.05) is 0 Å². The fourth-order valence-electron chi connectivity index (χ4n) is 3.37. The molecule has 2 rings (SSSR count). The zero-order valence-corrected chi connectivity index (χ0v) is 18.8. The van der Waals surface area contributed by atoms with Gasteiger partial charge in [-0.25, -0.2) is 9.79 Å². The molecule has 1 aliphatic heterocycles. The molecular formula is C21H39N5O3. The van der Waals surface area contributed by atoms with Crippen molar-refractivity contribution >= 4 is 18.0 Å². The topological polar surface area (TPSA) is 86.3 Å². The van der Waals surface area contributed by atoms with Crippen LogP contribution in [-0.4, -0.2) is 78.7 Å². The molecule has 0 aromatic heterocycles. The number of piperidine rings is 1. The van der Waals surface area contributed by atoms with Crippen LogP contribution in [-0.2, 0) is 9.53 Å². The number of hydrogen-bond donors (Lipinski definition) is 2. The Morgan fingerprint density at radius 3 is 2.31 bits per heavy atom. The molecule has 2 fully saturated rings. The van der Waals surface area contributed by atoms with Crippen molar-refractivity contribution in [2.75, 3.05) is 39.3 Å². The summed E-state index contributed by atoms with van der Waals surface area (Å²) < 4.78 is 5.52. The fraction of sp³-hybridized carbons (Fsp3) is 0.857. The molecule has 0 spiro atoms. The number of carbonyl (C=O) groups excluding carboxylic acids is 2. The van der Waals surface area contributed by atoms with Gasteiger partial charge in [-0.2, -0.15) is 0 Å². The highest BCUT2D eigenvalue weighted by atomic mass is 16.6. The molecule has 2 N–H and O–H groups in total. The second kappa shape index (κ2) is 10.7. The third-order valence-electron chi connectivity index (χ3n) is 5.08. The molecule has 8 nitrogen and oxygen atoms in total. The highest BCUT2D eigenvalue weighted by Crippen LogP contribution is 2.20. The van der Waals surface area contributed by atoms with Crippen molar-refractivity contribution in [1.82, 2.24) is 20.4 Å². The summed E-state index contributed by atoms with van der Waals surface area (Å²) in [5.74, 6) is 1.24. The lowest BCUT2D eigenvalue weighted by Crippen LogP contribution is -2.48. The minimum absolute atomic E-state index is 0.00580. The average Bonchev–Trinajstić information content (AvgIpc) is 3.46. The normalized spacial score (nSPS) is 18.4. The molecule has 2 amide bonds. The Morgan fingerprint density at radius 1 is 1.14 bits per heavy atom. The number of aliphatic imine (C=N–C) groups is 1. The minimum Gasteiger partial charge on any atom is -0.444 e. The second-order valence-electron chi connectivity index (χ2n) is 8.96. The maximum absolute atomic E-state index is 12.4. The van der Waals surface area contributed by atoms with Crippen LogP contribution in [0.15, 0.2) is 4.99 Å². The summed E-state index contributed by atoms with van der Waals surface area (Å²) in [4.78, 5) is 32.9. The molecule has 0 unspecified atom stereocenters. The summed E-state index contributed by atoms with van der Waals surface area (Å²) >= 11 is 0. The van der Waals surface area contributed by atoms with Crippen LogP contribution in [0.4, 0.5) is 4.79 Å². The van der Waals surface area contributed by atoms with Gasteiger partial charge >= 0.3 is 6.09 Å². The van der Waals surface area contributed by atoms with Gasteiger partial charge in [-0.15, -0.1) is 0 Å². The number of rotatable bonds is 7. The summed E-state index contributed by atoms with van der Waals surface area (Å²) in [5.41, 5.74) is -0.475. The van der Waals surface area contributed by atoms with E-state index in [9.17, 15) is 9.59 Å². The largest absolute Gasteiger partial charge is 0.444 e. The molecule has 0 atom stereocenters. The number of carbonyl (C=O) groups is 2. The van der Waals surface area contributed by atoms with Gasteiger partial charge in [0.15, 0.2) is 5.96 Å². The van der Waals surface area contributed by atoms with Crippen LogP contribution in [0.5, 0.6) is 0 Å². The first kappa shape index (κ1) is 23.3. The Bertz CT molecular complexity index is 575. The van der Waals surface area contributed by atoms with Crippen molar-refractivity contribution in [3.63, 3.8) is 0 Å². The van der Waals surface area contributed by atoms with Gasteiger partial charge in [0.05, 0.1) is 0 Å². The first-order valence-corrected chi connectivity index (χ1v) is 11.0. The number of ether oxygens (including phenoxy) is 1. The second-order valence-corrected chi connectivity index (χ2v) is 8.96. The van der Waals surface area contributed by atoms with Gasteiger partial charge in [-0.3, -0.25) is 4.79 Å². The number of nitrogens with zero attached hydrogens (tertiary/aromatic N) is 3. The minimum atomic E-state index is -0.475. The number of nitrogens with one attached hydrogen (secondary N) is 2. The van der Waals surface area contributed by atoms with Crippen LogP contribution in [0.25, 0.3) is 0 Å². The molecule has 1 heterocycles. The van der Waals surface area contributed by atoms with Crippen LogP contribution in [0.3, 0.4) is 0 Å². The molecule has 8 heteroatoms. The monoisotopic (exact) mass is 409 g/mol. The summed E-state index contributed by atoms with van der Waals surface area (Å²) in [6.07, 6.45) is 3.90. The smallest absolute Gasteiger partial charge is 0.410 e. The Hall–Kier alpha value is -1.99. The van der Waals surface area contributed by atoms with Gasteiger partial charge in [0, 0.05) is 38.8 Å². The lowest BCUT2D eigenvalue weighted by molar-refractivity contribution is -0.119. The molecule has 0 aromatic carbocycles. The van der Waals surface area contributed by atoms with Crippen LogP contribution in [0, 0.1) is 5.92 Å². The first-order valence-electron chi connectivity index (χ1n) is 11.0. The number of guanidine groups is 1. The van der Waals surface area contributed by atoms with E-state index in [4.69, 9.17) is 4.74 Å². The quantitative estimate of drug-likeness (QED) is 0.497. The van der Waals surface area contributed by atoms with E-state index in [-0.39, 0.29) is 18.5 Å². The van der Waals surface area contributed by atoms with E-state index in [0.29, 0.717) is 18.5 Å². The zero-order chi connectivity index (χ0) is 21.4. The Morgan fingerprint density at radius 2 is 1.79 bits per heavy atom. The predicted molar refractivity (Wildman–Crippen MR) is 115 cm³/mol. The van der Waals surface area contributed by atoms with Gasteiger partial charge in [0.25, 0.3) is 0 Å². The van der Waals surface area contributed by atoms with Crippen molar-refractivity contribution in [3.05, 3.63) is 0 Å². The van der Waals surface area contributed by atoms with Crippen molar-refractivity contribution in [3.8, 4) is 0 Å². The highest BCUT2D eigenvalue weighted by Gasteiger charge is 2.27. The Balaban J connectivity index is 1.83. The van der Waals surface area contributed by atoms with E-state index in [1.54, 1.807) is 4.90 Å². The summed E-state index contributed by atoms with van der Waals surface area (Å²) in [6.45, 7) is 13.7. The maximum Gasteiger partial charge on any atom is 0.410 e. The zero-order valence-electron chi connectivity index (χ0n) is 18.8. The van der Waals surface area contributed by atoms with E-state index >= 15 is 0 Å². The van der Waals surface area contributed by atoms with E-state index < -0.39 is 5.60 Å². The summed E-state index contributed by atoms with van der Waals surface area (Å²) in [7, 11) is 0. The van der Waals surface area contributed by atoms with Gasteiger partial charge in [0.2, 0.25) is 5.91 Å². The molecule has 0 aromatic rings. The van der Waals surface area contributed by atoms with Crippen molar-refractivity contribution in [2.45, 2.75) is 71.9 Å². The molecule has 1 aliphatic carbocycles. The number of likely N-dealkylation sites (tertiary alicyclic amines) is 1. The maximum atomic E-state index is 12.4. The lowest BCUT2D eigenvalue weighted by Gasteiger charge is -2.36. The molecule has 0 bridgehead atoms. The predicted octanol–water partition coefficient (Wildman–Crippen LogP) is 2.20. The van der Waals surface area contributed by atoms with Gasteiger partial charge < -0.3 is 25.2 Å². The Labute approximate surface area is 175 Å². The van der Waals surface area contributed by atoms with E-state index in [1.165, 1.54) is 0 Å². The summed E-state index contributed by atoms with van der Waals surface area (Å²) in [6, 6.07) is 0.363. The standard InChI is InChI=1S/C21H39N5O3/c1-6-22-19(23-14-18(27)24-17-8-9-17)26-12-10-16(11-13-26)15-25(7-2)20(28)29-21(3,4)5/h16-17H,6-15H2,1-5H3,(H,22,23)(H,24,27). The van der Waals surface area contributed by atoms with E-state index in [2.05, 4.69) is 20.5 Å². The van der Waals surface area contributed by atoms with E-state index in [1.807, 2.05) is 34.6 Å². The van der Waals surface area contributed by atoms with Crippen LogP contribution < -0.4 is 10.6 Å². The van der Waals surface area contributed by atoms with Crippen LogP contribution >= 0.6 is 0 Å². The number of hydrogen-bond acceptors (Lipinski definition) is 4. The molecule has 29 heavy (non-hydrogen) atoms. The van der Waals surface area contributed by atoms with Crippen LogP contribution in [0.1, 0.15) is 60.3 Å². The Kier molecular flexibility index (Phi) is 8.59. The molecule has 1 saturated carbocycles. The van der Waals surface area contributed by atoms with E-state index in [0.717, 1.165) is 57.8 Å². The van der Waals surface area contributed by atoms with Crippen molar-refractivity contribution in [2.24, 2.45) is 10.9 Å². The SMILES string of the molecule is CCNC(=NCC(=O)NC1CC1)N1CCC(CN(CC)C(=O)OC(C)(C)C)CC1. The molecule has 1 saturated heterocycles. The van der Waals surface area contributed by atoms with Crippen molar-refractivity contribution < 1.29 is 14.3 Å². The molecular weight excluding hydrogens is 370 g/mol. The van der Waals surface area contributed by atoms with Gasteiger partial charge in [0.1, 0.15) is 12.1 Å². The van der Waals surface area contributed by atoms with Crippen LogP contribution in [0.2, 0.25) is 0 Å². The highest BCUT2D eigenvalue weighted by molar-refractivity contribution is 5.85. The third kappa shape index (κ3) is 8.50. The molecule has 0 radical (unpaired) electrons. The average molecular weight is 410 g/mol. The molecule has 2 aliphatic rings. The third-order valence-corrected chi connectivity index (χ3v) is 5.08.